The molecule has 9 heteroatoms. The van der Waals surface area contributed by atoms with Gasteiger partial charge in [-0.1, -0.05) is 6.07 Å². The van der Waals surface area contributed by atoms with Crippen molar-refractivity contribution in [3.05, 3.63) is 47.5 Å². The Kier molecular flexibility index (Phi) is 4.36. The Morgan fingerprint density at radius 3 is 2.73 bits per heavy atom. The number of carbonyl (C=O) groups excluding carboxylic acids is 1. The molecule has 1 aromatic heterocycles. The first-order valence-corrected chi connectivity index (χ1v) is 9.30. The van der Waals surface area contributed by atoms with E-state index in [0.29, 0.717) is 28.2 Å². The van der Waals surface area contributed by atoms with Gasteiger partial charge in [0, 0.05) is 11.9 Å². The van der Waals surface area contributed by atoms with E-state index in [9.17, 15) is 18.5 Å². The minimum Gasteiger partial charge on any atom is -0.465 e. The van der Waals surface area contributed by atoms with Crippen LogP contribution in [0, 0.1) is 11.3 Å². The fourth-order valence-electron chi connectivity index (χ4n) is 2.47. The maximum absolute atomic E-state index is 11.8. The molecule has 0 saturated carbocycles. The molecule has 3 rings (SSSR count). The number of esters is 1. The number of nitriles is 1. The highest BCUT2D eigenvalue weighted by Gasteiger charge is 2.16. The number of H-pyrrole nitrogens is 1. The van der Waals surface area contributed by atoms with Crippen molar-refractivity contribution < 1.29 is 17.9 Å². The number of methoxy groups -OCH3 is 1. The molecule has 0 aliphatic heterocycles. The number of ether oxygens (including phenoxy) is 1. The van der Waals surface area contributed by atoms with Gasteiger partial charge in [-0.2, -0.15) is 5.26 Å². The summed E-state index contributed by atoms with van der Waals surface area (Å²) in [5.74, 6) is -0.119. The summed E-state index contributed by atoms with van der Waals surface area (Å²) in [6, 6.07) is 11.3. The van der Waals surface area contributed by atoms with Crippen molar-refractivity contribution >= 4 is 38.5 Å². The van der Waals surface area contributed by atoms with E-state index in [0.717, 1.165) is 6.26 Å². The number of nitrogens with zero attached hydrogens (tertiary/aromatic N) is 2. The van der Waals surface area contributed by atoms with E-state index in [2.05, 4.69) is 20.0 Å². The third-order valence-corrected chi connectivity index (χ3v) is 4.79. The summed E-state index contributed by atoms with van der Waals surface area (Å²) in [5, 5.41) is 12.2. The Bertz CT molecular complexity index is 1160. The van der Waals surface area contributed by atoms with Gasteiger partial charge in [0.25, 0.3) is 0 Å². The lowest BCUT2D eigenvalue weighted by molar-refractivity contribution is 0.0601. The van der Waals surface area contributed by atoms with Crippen LogP contribution < -0.4 is 5.32 Å². The van der Waals surface area contributed by atoms with E-state index in [4.69, 9.17) is 0 Å². The predicted molar refractivity (Wildman–Crippen MR) is 95.0 cm³/mol. The SMILES string of the molecule is COC(=O)c1cccc(Nc2nc3cc(C#N)c(S(C)(=O)=O)cc3[nH]2)c1. The molecule has 3 aromatic rings. The quantitative estimate of drug-likeness (QED) is 0.675. The third-order valence-electron chi connectivity index (χ3n) is 3.65. The Morgan fingerprint density at radius 2 is 2.08 bits per heavy atom. The first-order chi connectivity index (χ1) is 12.3. The molecular formula is C17H14N4O4S. The lowest BCUT2D eigenvalue weighted by Gasteiger charge is -2.04. The normalized spacial score (nSPS) is 11.1. The van der Waals surface area contributed by atoms with Crippen LogP contribution in [0.4, 0.5) is 11.6 Å². The van der Waals surface area contributed by atoms with Crippen molar-refractivity contribution in [3.63, 3.8) is 0 Å². The zero-order chi connectivity index (χ0) is 18.9. The molecule has 132 valence electrons. The van der Waals surface area contributed by atoms with Gasteiger partial charge < -0.3 is 15.0 Å². The third kappa shape index (κ3) is 3.36. The summed E-state index contributed by atoms with van der Waals surface area (Å²) in [4.78, 5) is 18.8. The Hall–Kier alpha value is -3.38. The predicted octanol–water partition coefficient (Wildman–Crippen LogP) is 2.37. The van der Waals surface area contributed by atoms with Gasteiger partial charge in [0.2, 0.25) is 5.95 Å². The maximum Gasteiger partial charge on any atom is 0.337 e. The van der Waals surface area contributed by atoms with Crippen molar-refractivity contribution in [1.29, 1.82) is 5.26 Å². The second-order valence-corrected chi connectivity index (χ2v) is 7.52. The topological polar surface area (TPSA) is 125 Å². The number of fused-ring (bicyclic) bond motifs is 1. The van der Waals surface area contributed by atoms with Gasteiger partial charge in [-0.05, 0) is 30.3 Å². The Labute approximate surface area is 149 Å². The molecule has 0 unspecified atom stereocenters. The van der Waals surface area contributed by atoms with Gasteiger partial charge in [-0.15, -0.1) is 0 Å². The minimum atomic E-state index is -3.55. The second-order valence-electron chi connectivity index (χ2n) is 5.53. The average Bonchev–Trinajstić information content (AvgIpc) is 3.00. The largest absolute Gasteiger partial charge is 0.465 e. The van der Waals surface area contributed by atoms with Gasteiger partial charge in [0.15, 0.2) is 9.84 Å². The van der Waals surface area contributed by atoms with Crippen LogP contribution in [0.2, 0.25) is 0 Å². The van der Waals surface area contributed by atoms with E-state index < -0.39 is 15.8 Å². The smallest absolute Gasteiger partial charge is 0.337 e. The molecule has 2 aromatic carbocycles. The molecule has 0 spiro atoms. The van der Waals surface area contributed by atoms with Crippen LogP contribution in [-0.2, 0) is 14.6 Å². The van der Waals surface area contributed by atoms with Crippen LogP contribution in [-0.4, -0.2) is 37.7 Å². The highest BCUT2D eigenvalue weighted by molar-refractivity contribution is 7.90. The Balaban J connectivity index is 2.00. The zero-order valence-electron chi connectivity index (χ0n) is 13.9. The number of anilines is 2. The number of aromatic nitrogens is 2. The number of imidazole rings is 1. The lowest BCUT2D eigenvalue weighted by atomic mass is 10.2. The molecule has 2 N–H and O–H groups in total. The summed E-state index contributed by atoms with van der Waals surface area (Å²) < 4.78 is 28.4. The number of rotatable bonds is 4. The van der Waals surface area contributed by atoms with Gasteiger partial charge in [0.1, 0.15) is 6.07 Å². The van der Waals surface area contributed by atoms with E-state index in [1.165, 1.54) is 19.2 Å². The fourth-order valence-corrected chi connectivity index (χ4v) is 3.30. The maximum atomic E-state index is 11.8. The number of hydrogen-bond donors (Lipinski definition) is 2. The first-order valence-electron chi connectivity index (χ1n) is 7.41. The number of sulfone groups is 1. The zero-order valence-corrected chi connectivity index (χ0v) is 14.7. The minimum absolute atomic E-state index is 0.0331. The van der Waals surface area contributed by atoms with Crippen LogP contribution in [0.3, 0.4) is 0 Å². The Morgan fingerprint density at radius 1 is 1.31 bits per heavy atom. The van der Waals surface area contributed by atoms with Gasteiger partial charge in [-0.25, -0.2) is 18.2 Å². The molecule has 26 heavy (non-hydrogen) atoms. The van der Waals surface area contributed by atoms with E-state index in [-0.39, 0.29) is 10.5 Å². The molecule has 0 aliphatic rings. The number of benzene rings is 2. The molecule has 1 heterocycles. The number of aromatic amines is 1. The number of hydrogen-bond acceptors (Lipinski definition) is 7. The van der Waals surface area contributed by atoms with E-state index in [1.54, 1.807) is 24.3 Å². The molecule has 8 nitrogen and oxygen atoms in total. The van der Waals surface area contributed by atoms with E-state index >= 15 is 0 Å². The standard InChI is InChI=1S/C17H14N4O4S/c1-25-16(22)10-4-3-5-12(6-10)19-17-20-13-7-11(9-18)15(26(2,23)24)8-14(13)21-17/h3-8H,1-2H3,(H2,19,20,21). The number of carbonyl (C=O) groups is 1. The summed E-state index contributed by atoms with van der Waals surface area (Å²) in [6.45, 7) is 0. The van der Waals surface area contributed by atoms with Gasteiger partial charge in [0.05, 0.1) is 34.2 Å². The van der Waals surface area contributed by atoms with Crippen molar-refractivity contribution in [1.82, 2.24) is 9.97 Å². The van der Waals surface area contributed by atoms with Gasteiger partial charge in [-0.3, -0.25) is 0 Å². The van der Waals surface area contributed by atoms with E-state index in [1.807, 2.05) is 6.07 Å². The fraction of sp³-hybridized carbons (Fsp3) is 0.118. The lowest BCUT2D eigenvalue weighted by Crippen LogP contribution is -2.02. The monoisotopic (exact) mass is 370 g/mol. The van der Waals surface area contributed by atoms with Gasteiger partial charge >= 0.3 is 5.97 Å². The van der Waals surface area contributed by atoms with Crippen molar-refractivity contribution in [2.75, 3.05) is 18.7 Å². The highest BCUT2D eigenvalue weighted by Crippen LogP contribution is 2.25. The van der Waals surface area contributed by atoms with Crippen LogP contribution >= 0.6 is 0 Å². The summed E-state index contributed by atoms with van der Waals surface area (Å²) >= 11 is 0. The first kappa shape index (κ1) is 17.4. The van der Waals surface area contributed by atoms with Crippen molar-refractivity contribution in [3.8, 4) is 6.07 Å². The molecular weight excluding hydrogens is 356 g/mol. The molecule has 0 saturated heterocycles. The summed E-state index contributed by atoms with van der Waals surface area (Å²) in [5.41, 5.74) is 1.91. The highest BCUT2D eigenvalue weighted by atomic mass is 32.2. The summed E-state index contributed by atoms with van der Waals surface area (Å²) in [7, 11) is -2.25. The molecule has 0 aliphatic carbocycles. The molecule has 0 atom stereocenters. The molecule has 0 bridgehead atoms. The number of nitrogens with one attached hydrogen (secondary N) is 2. The van der Waals surface area contributed by atoms with Crippen LogP contribution in [0.5, 0.6) is 0 Å². The van der Waals surface area contributed by atoms with Crippen molar-refractivity contribution in [2.24, 2.45) is 0 Å². The van der Waals surface area contributed by atoms with Crippen LogP contribution in [0.1, 0.15) is 15.9 Å². The van der Waals surface area contributed by atoms with Crippen molar-refractivity contribution in [2.45, 2.75) is 4.90 Å². The molecule has 0 amide bonds. The second kappa shape index (κ2) is 6.50. The molecule has 0 radical (unpaired) electrons. The van der Waals surface area contributed by atoms with Crippen LogP contribution in [0.25, 0.3) is 11.0 Å². The molecule has 0 fully saturated rings. The average molecular weight is 370 g/mol. The summed E-state index contributed by atoms with van der Waals surface area (Å²) in [6.07, 6.45) is 1.04. The van der Waals surface area contributed by atoms with Crippen LogP contribution in [0.15, 0.2) is 41.3 Å².